The van der Waals surface area contributed by atoms with E-state index in [1.54, 1.807) is 4.90 Å². The highest BCUT2D eigenvalue weighted by atomic mass is 35.5. The van der Waals surface area contributed by atoms with Gasteiger partial charge >= 0.3 is 0 Å². The molecule has 1 amide bonds. The van der Waals surface area contributed by atoms with Crippen LogP contribution in [-0.2, 0) is 4.79 Å². The van der Waals surface area contributed by atoms with Crippen LogP contribution in [0.15, 0.2) is 42.7 Å². The Bertz CT molecular complexity index is 919. The maximum Gasteiger partial charge on any atom is 0.265 e. The van der Waals surface area contributed by atoms with E-state index in [4.69, 9.17) is 16.3 Å². The number of carbonyl (C=O) groups is 1. The number of halogens is 1. The fourth-order valence-electron chi connectivity index (χ4n) is 2.81. The Hall–Kier alpha value is -2.53. The molecule has 3 aromatic rings. The molecule has 6 heteroatoms. The van der Waals surface area contributed by atoms with Gasteiger partial charge in [0.05, 0.1) is 16.4 Å². The van der Waals surface area contributed by atoms with E-state index >= 15 is 0 Å². The van der Waals surface area contributed by atoms with E-state index in [1.165, 1.54) is 0 Å². The Balaban J connectivity index is 1.82. The first-order valence-corrected chi connectivity index (χ1v) is 7.75. The van der Waals surface area contributed by atoms with E-state index in [0.29, 0.717) is 11.6 Å². The predicted molar refractivity (Wildman–Crippen MR) is 89.2 cm³/mol. The summed E-state index contributed by atoms with van der Waals surface area (Å²) in [7, 11) is 0. The number of hydrogen-bond donors (Lipinski definition) is 0. The van der Waals surface area contributed by atoms with Crippen molar-refractivity contribution < 1.29 is 9.53 Å². The number of aromatic nitrogens is 2. The van der Waals surface area contributed by atoms with Crippen LogP contribution < -0.4 is 9.64 Å². The van der Waals surface area contributed by atoms with Crippen molar-refractivity contribution in [1.82, 2.24) is 9.38 Å². The zero-order valence-corrected chi connectivity index (χ0v) is 13.2. The number of likely N-dealkylation sites (N-methyl/N-ethyl adjacent to an activating group) is 1. The zero-order valence-electron chi connectivity index (χ0n) is 12.5. The van der Waals surface area contributed by atoms with Crippen molar-refractivity contribution in [2.75, 3.05) is 18.1 Å². The molecular weight excluding hydrogens is 314 g/mol. The largest absolute Gasteiger partial charge is 0.482 e. The standard InChI is InChI=1S/C17H14ClN3O2/c1-2-21-14-7-11(3-5-15(14)23-10-17(21)22)13-9-20-8-12(18)4-6-16(20)19-13/h3-9H,2,10H2,1H3. The van der Waals surface area contributed by atoms with E-state index in [1.807, 2.05) is 54.0 Å². The second-order valence-corrected chi connectivity index (χ2v) is 5.78. The van der Waals surface area contributed by atoms with Gasteiger partial charge in [-0.25, -0.2) is 4.98 Å². The van der Waals surface area contributed by atoms with Gasteiger partial charge in [-0.1, -0.05) is 11.6 Å². The number of anilines is 1. The molecule has 0 bridgehead atoms. The molecule has 116 valence electrons. The first kappa shape index (κ1) is 14.1. The van der Waals surface area contributed by atoms with Gasteiger partial charge in [0.15, 0.2) is 6.61 Å². The minimum Gasteiger partial charge on any atom is -0.482 e. The van der Waals surface area contributed by atoms with E-state index in [-0.39, 0.29) is 12.5 Å². The van der Waals surface area contributed by atoms with Crippen molar-refractivity contribution in [2.45, 2.75) is 6.92 Å². The number of benzene rings is 1. The summed E-state index contributed by atoms with van der Waals surface area (Å²) in [5.41, 5.74) is 3.36. The second-order valence-electron chi connectivity index (χ2n) is 5.35. The first-order valence-electron chi connectivity index (χ1n) is 7.37. The molecule has 0 atom stereocenters. The zero-order chi connectivity index (χ0) is 16.0. The summed E-state index contributed by atoms with van der Waals surface area (Å²) in [4.78, 5) is 18.3. The minimum atomic E-state index is -0.0288. The molecule has 1 aliphatic heterocycles. The van der Waals surface area contributed by atoms with Crippen LogP contribution in [0.3, 0.4) is 0 Å². The maximum atomic E-state index is 12.0. The third kappa shape index (κ3) is 2.33. The average Bonchev–Trinajstić information content (AvgIpc) is 2.97. The fraction of sp³-hybridized carbons (Fsp3) is 0.176. The van der Waals surface area contributed by atoms with Gasteiger partial charge in [0.1, 0.15) is 11.4 Å². The summed E-state index contributed by atoms with van der Waals surface area (Å²) < 4.78 is 7.38. The molecule has 1 aliphatic rings. The fourth-order valence-corrected chi connectivity index (χ4v) is 2.98. The number of nitrogens with zero attached hydrogens (tertiary/aromatic N) is 3. The van der Waals surface area contributed by atoms with Crippen molar-refractivity contribution >= 4 is 28.8 Å². The van der Waals surface area contributed by atoms with Crippen molar-refractivity contribution in [3.8, 4) is 17.0 Å². The number of amides is 1. The summed E-state index contributed by atoms with van der Waals surface area (Å²) in [6, 6.07) is 9.46. The summed E-state index contributed by atoms with van der Waals surface area (Å²) in [6.07, 6.45) is 3.74. The number of rotatable bonds is 2. The van der Waals surface area contributed by atoms with Crippen LogP contribution in [-0.4, -0.2) is 28.4 Å². The second kappa shape index (κ2) is 5.28. The van der Waals surface area contributed by atoms with Crippen LogP contribution in [0, 0.1) is 0 Å². The summed E-state index contributed by atoms with van der Waals surface area (Å²) in [5, 5.41) is 0.656. The quantitative estimate of drug-likeness (QED) is 0.724. The molecule has 0 aliphatic carbocycles. The predicted octanol–water partition coefficient (Wildman–Crippen LogP) is 3.40. The van der Waals surface area contributed by atoms with Crippen LogP contribution >= 0.6 is 11.6 Å². The van der Waals surface area contributed by atoms with Gasteiger partial charge in [-0.15, -0.1) is 0 Å². The highest BCUT2D eigenvalue weighted by Crippen LogP contribution is 2.35. The molecular formula is C17H14ClN3O2. The molecule has 0 fully saturated rings. The van der Waals surface area contributed by atoms with E-state index < -0.39 is 0 Å². The molecule has 0 radical (unpaired) electrons. The van der Waals surface area contributed by atoms with Crippen molar-refractivity contribution in [1.29, 1.82) is 0 Å². The molecule has 0 spiro atoms. The number of hydrogen-bond acceptors (Lipinski definition) is 3. The Morgan fingerprint density at radius 2 is 2.13 bits per heavy atom. The lowest BCUT2D eigenvalue weighted by molar-refractivity contribution is -0.121. The summed E-state index contributed by atoms with van der Waals surface area (Å²) in [6.45, 7) is 2.65. The molecule has 0 N–H and O–H groups in total. The molecule has 0 saturated carbocycles. The smallest absolute Gasteiger partial charge is 0.265 e. The lowest BCUT2D eigenvalue weighted by atomic mass is 10.1. The number of imidazole rings is 1. The van der Waals surface area contributed by atoms with Crippen LogP contribution in [0.1, 0.15) is 6.92 Å². The van der Waals surface area contributed by atoms with Crippen LogP contribution in [0.5, 0.6) is 5.75 Å². The summed E-state index contributed by atoms with van der Waals surface area (Å²) >= 11 is 6.01. The Labute approximate surface area is 138 Å². The lowest BCUT2D eigenvalue weighted by Crippen LogP contribution is -2.38. The third-order valence-corrected chi connectivity index (χ3v) is 4.15. The number of ether oxygens (including phenoxy) is 1. The van der Waals surface area contributed by atoms with Gasteiger partial charge in [0.2, 0.25) is 0 Å². The van der Waals surface area contributed by atoms with Gasteiger partial charge in [-0.05, 0) is 37.3 Å². The number of carbonyl (C=O) groups excluding carboxylic acids is 1. The number of pyridine rings is 1. The molecule has 23 heavy (non-hydrogen) atoms. The van der Waals surface area contributed by atoms with Gasteiger partial charge in [-0.3, -0.25) is 4.79 Å². The maximum absolute atomic E-state index is 12.0. The Morgan fingerprint density at radius 1 is 1.26 bits per heavy atom. The van der Waals surface area contributed by atoms with Crippen molar-refractivity contribution in [3.05, 3.63) is 47.7 Å². The Morgan fingerprint density at radius 3 is 2.96 bits per heavy atom. The molecule has 2 aromatic heterocycles. The Kier molecular flexibility index (Phi) is 3.23. The van der Waals surface area contributed by atoms with Gasteiger partial charge in [-0.2, -0.15) is 0 Å². The van der Waals surface area contributed by atoms with Crippen LogP contribution in [0.25, 0.3) is 16.9 Å². The monoisotopic (exact) mass is 327 g/mol. The summed E-state index contributed by atoms with van der Waals surface area (Å²) in [5.74, 6) is 0.695. The van der Waals surface area contributed by atoms with Crippen LogP contribution in [0.2, 0.25) is 5.02 Å². The molecule has 0 saturated heterocycles. The van der Waals surface area contributed by atoms with Gasteiger partial charge in [0, 0.05) is 24.5 Å². The van der Waals surface area contributed by atoms with Crippen LogP contribution in [0.4, 0.5) is 5.69 Å². The van der Waals surface area contributed by atoms with Gasteiger partial charge < -0.3 is 14.0 Å². The highest BCUT2D eigenvalue weighted by Gasteiger charge is 2.24. The van der Waals surface area contributed by atoms with E-state index in [2.05, 4.69) is 4.98 Å². The van der Waals surface area contributed by atoms with E-state index in [9.17, 15) is 4.79 Å². The topological polar surface area (TPSA) is 46.8 Å². The molecule has 0 unspecified atom stereocenters. The molecule has 4 rings (SSSR count). The normalized spacial score (nSPS) is 14.0. The SMILES string of the molecule is CCN1C(=O)COc2ccc(-c3cn4cc(Cl)ccc4n3)cc21. The van der Waals surface area contributed by atoms with Crippen molar-refractivity contribution in [3.63, 3.8) is 0 Å². The third-order valence-electron chi connectivity index (χ3n) is 3.93. The first-order chi connectivity index (χ1) is 11.2. The lowest BCUT2D eigenvalue weighted by Gasteiger charge is -2.28. The minimum absolute atomic E-state index is 0.0288. The molecule has 1 aromatic carbocycles. The number of fused-ring (bicyclic) bond motifs is 2. The molecule has 3 heterocycles. The van der Waals surface area contributed by atoms with Gasteiger partial charge in [0.25, 0.3) is 5.91 Å². The average molecular weight is 328 g/mol. The van der Waals surface area contributed by atoms with E-state index in [0.717, 1.165) is 28.3 Å². The highest BCUT2D eigenvalue weighted by molar-refractivity contribution is 6.30. The van der Waals surface area contributed by atoms with Crippen molar-refractivity contribution in [2.24, 2.45) is 0 Å². The molecule has 5 nitrogen and oxygen atoms in total.